The molecule has 1 heterocycles. The van der Waals surface area contributed by atoms with Crippen molar-refractivity contribution in [3.8, 4) is 11.5 Å². The van der Waals surface area contributed by atoms with Crippen LogP contribution in [0.25, 0.3) is 10.8 Å². The van der Waals surface area contributed by atoms with Gasteiger partial charge in [0.05, 0.1) is 13.5 Å². The lowest BCUT2D eigenvalue weighted by Crippen LogP contribution is -2.40. The Balaban J connectivity index is 1.46. The van der Waals surface area contributed by atoms with Crippen molar-refractivity contribution in [2.75, 3.05) is 13.7 Å². The molecule has 7 nitrogen and oxygen atoms in total. The van der Waals surface area contributed by atoms with Crippen molar-refractivity contribution in [2.45, 2.75) is 63.9 Å². The fourth-order valence-corrected chi connectivity index (χ4v) is 7.07. The van der Waals surface area contributed by atoms with Gasteiger partial charge in [-0.1, -0.05) is 54.6 Å². The third-order valence-corrected chi connectivity index (χ3v) is 8.96. The molecule has 2 aliphatic carbocycles. The van der Waals surface area contributed by atoms with E-state index >= 15 is 0 Å². The monoisotopic (exact) mass is 591 g/mol. The molecule has 0 spiro atoms. The Morgan fingerprint density at radius 3 is 2.30 bits per heavy atom. The first-order valence-corrected chi connectivity index (χ1v) is 15.3. The zero-order chi connectivity index (χ0) is 30.8. The van der Waals surface area contributed by atoms with Gasteiger partial charge >= 0.3 is 5.97 Å². The Bertz CT molecular complexity index is 1680. The lowest BCUT2D eigenvalue weighted by molar-refractivity contribution is -0.137. The third kappa shape index (κ3) is 5.43. The first kappa shape index (κ1) is 29.4. The van der Waals surface area contributed by atoms with E-state index in [1.807, 2.05) is 41.3 Å². The summed E-state index contributed by atoms with van der Waals surface area (Å²) in [6.07, 6.45) is 5.81. The molecule has 7 heteroatoms. The summed E-state index contributed by atoms with van der Waals surface area (Å²) in [4.78, 5) is 40.9. The van der Waals surface area contributed by atoms with Crippen LogP contribution in [0.15, 0.2) is 89.8 Å². The largest absolute Gasteiger partial charge is 0.493 e. The van der Waals surface area contributed by atoms with Crippen LogP contribution in [0.2, 0.25) is 0 Å². The van der Waals surface area contributed by atoms with Gasteiger partial charge in [-0.3, -0.25) is 14.4 Å². The topological polar surface area (TPSA) is 93.1 Å². The van der Waals surface area contributed by atoms with Crippen molar-refractivity contribution in [3.05, 3.63) is 106 Å². The smallest absolute Gasteiger partial charge is 0.305 e. The fraction of sp³-hybridized carbons (Fsp3) is 0.324. The summed E-state index contributed by atoms with van der Waals surface area (Å²) in [5.74, 6) is -0.270. The number of fused-ring (bicyclic) bond motifs is 1. The summed E-state index contributed by atoms with van der Waals surface area (Å²) < 4.78 is 12.4. The van der Waals surface area contributed by atoms with E-state index in [0.717, 1.165) is 38.9 Å². The lowest BCUT2D eigenvalue weighted by Gasteiger charge is -2.44. The summed E-state index contributed by atoms with van der Waals surface area (Å²) >= 11 is 0. The molecule has 0 saturated heterocycles. The molecule has 0 atom stereocenters. The number of rotatable bonds is 10. The van der Waals surface area contributed by atoms with E-state index in [4.69, 9.17) is 9.47 Å². The van der Waals surface area contributed by atoms with E-state index in [1.165, 1.54) is 0 Å². The third-order valence-electron chi connectivity index (χ3n) is 8.96. The van der Waals surface area contributed by atoms with Crippen molar-refractivity contribution in [3.63, 3.8) is 0 Å². The predicted molar refractivity (Wildman–Crippen MR) is 169 cm³/mol. The Labute approximate surface area is 257 Å². The Hall–Kier alpha value is -4.65. The number of carbonyl (C=O) groups excluding carboxylic acids is 2. The van der Waals surface area contributed by atoms with Crippen LogP contribution in [0, 0.1) is 0 Å². The van der Waals surface area contributed by atoms with Crippen LogP contribution in [-0.4, -0.2) is 41.2 Å². The molecule has 3 aliphatic rings. The van der Waals surface area contributed by atoms with Crippen LogP contribution in [0.3, 0.4) is 0 Å². The van der Waals surface area contributed by atoms with E-state index in [1.54, 1.807) is 7.11 Å². The zero-order valence-corrected chi connectivity index (χ0v) is 25.1. The van der Waals surface area contributed by atoms with Crippen LogP contribution >= 0.6 is 0 Å². The molecule has 0 bridgehead atoms. The maximum absolute atomic E-state index is 13.7. The van der Waals surface area contributed by atoms with E-state index in [9.17, 15) is 19.5 Å². The summed E-state index contributed by atoms with van der Waals surface area (Å²) in [6.45, 7) is 4.56. The molecule has 1 aliphatic heterocycles. The molecule has 0 unspecified atom stereocenters. The quantitative estimate of drug-likeness (QED) is 0.253. The summed E-state index contributed by atoms with van der Waals surface area (Å²) in [5.41, 5.74) is 5.68. The Kier molecular flexibility index (Phi) is 8.38. The number of ketones is 2. The highest BCUT2D eigenvalue weighted by atomic mass is 16.5. The van der Waals surface area contributed by atoms with Gasteiger partial charge in [-0.2, -0.15) is 0 Å². The van der Waals surface area contributed by atoms with Gasteiger partial charge < -0.3 is 19.5 Å². The van der Waals surface area contributed by atoms with Gasteiger partial charge in [-0.15, -0.1) is 6.58 Å². The number of hydrogen-bond acceptors (Lipinski definition) is 6. The number of hydrogen-bond donors (Lipinski definition) is 1. The van der Waals surface area contributed by atoms with Crippen LogP contribution in [0.4, 0.5) is 0 Å². The standard InChI is InChI=1S/C37H37NO6/c1-3-9-24-20-26(21-32(43-2)37(24)44-22-25-12-6-11-23-10-4-5-13-27(23)25)34-35-28(14-7-16-30(35)39)38(19-18-33(41)42)29-15-8-17-31(40)36(29)34/h3-6,10-13,20-21,34H,1,7-9,14-19,22H2,2H3,(H,41,42). The number of nitrogens with zero attached hydrogens (tertiary/aromatic N) is 1. The van der Waals surface area contributed by atoms with E-state index in [2.05, 4.69) is 30.8 Å². The highest BCUT2D eigenvalue weighted by molar-refractivity contribution is 6.06. The van der Waals surface area contributed by atoms with Crippen LogP contribution in [0.5, 0.6) is 11.5 Å². The van der Waals surface area contributed by atoms with Crippen molar-refractivity contribution in [1.82, 2.24) is 4.90 Å². The van der Waals surface area contributed by atoms with Gasteiger partial charge in [-0.05, 0) is 60.1 Å². The number of carboxylic acid groups (broad SMARTS) is 1. The SMILES string of the molecule is C=CCc1cc(C2C3=C(CCCC3=O)N(CCC(=O)O)C3=C2C(=O)CCC3)cc(OC)c1OCc1cccc2ccccc12. The van der Waals surface area contributed by atoms with E-state index in [0.29, 0.717) is 74.2 Å². The number of carbonyl (C=O) groups is 3. The molecule has 6 rings (SSSR count). The molecule has 0 amide bonds. The van der Waals surface area contributed by atoms with Crippen molar-refractivity contribution >= 4 is 28.3 Å². The second-order valence-corrected chi connectivity index (χ2v) is 11.6. The fourth-order valence-electron chi connectivity index (χ4n) is 7.07. The highest BCUT2D eigenvalue weighted by Gasteiger charge is 2.43. The average Bonchev–Trinajstić information content (AvgIpc) is 3.02. The second kappa shape index (κ2) is 12.5. The first-order chi connectivity index (χ1) is 21.4. The van der Waals surface area contributed by atoms with Gasteiger partial charge in [0, 0.05) is 53.4 Å². The molecule has 44 heavy (non-hydrogen) atoms. The molecular weight excluding hydrogens is 554 g/mol. The van der Waals surface area contributed by atoms with E-state index in [-0.39, 0.29) is 24.5 Å². The molecule has 3 aromatic carbocycles. The summed E-state index contributed by atoms with van der Waals surface area (Å²) in [6, 6.07) is 18.3. The molecule has 226 valence electrons. The molecule has 0 saturated carbocycles. The number of benzene rings is 3. The maximum atomic E-state index is 13.7. The minimum absolute atomic E-state index is 0.0158. The predicted octanol–water partition coefficient (Wildman–Crippen LogP) is 7.04. The average molecular weight is 592 g/mol. The first-order valence-electron chi connectivity index (χ1n) is 15.3. The van der Waals surface area contributed by atoms with Crippen LogP contribution < -0.4 is 9.47 Å². The number of aliphatic carboxylic acids is 1. The van der Waals surface area contributed by atoms with Gasteiger partial charge in [0.2, 0.25) is 0 Å². The van der Waals surface area contributed by atoms with Gasteiger partial charge in [0.15, 0.2) is 23.1 Å². The zero-order valence-electron chi connectivity index (χ0n) is 25.1. The number of Topliss-reactive ketones (excluding diaryl/α,β-unsaturated/α-hetero) is 2. The second-order valence-electron chi connectivity index (χ2n) is 11.6. The summed E-state index contributed by atoms with van der Waals surface area (Å²) in [7, 11) is 1.60. The molecule has 1 N–H and O–H groups in total. The molecule has 0 aromatic heterocycles. The lowest BCUT2D eigenvalue weighted by atomic mass is 9.70. The van der Waals surface area contributed by atoms with Crippen molar-refractivity contribution in [1.29, 1.82) is 0 Å². The maximum Gasteiger partial charge on any atom is 0.305 e. The Morgan fingerprint density at radius 1 is 0.955 bits per heavy atom. The van der Waals surface area contributed by atoms with Crippen LogP contribution in [-0.2, 0) is 27.4 Å². The number of allylic oxidation sites excluding steroid dienone is 5. The van der Waals surface area contributed by atoms with Gasteiger partial charge in [0.25, 0.3) is 0 Å². The van der Waals surface area contributed by atoms with Gasteiger partial charge in [0.1, 0.15) is 6.61 Å². The minimum atomic E-state index is -0.904. The van der Waals surface area contributed by atoms with Gasteiger partial charge in [-0.25, -0.2) is 0 Å². The summed E-state index contributed by atoms with van der Waals surface area (Å²) in [5, 5.41) is 11.7. The molecule has 3 aromatic rings. The number of carboxylic acids is 1. The van der Waals surface area contributed by atoms with E-state index < -0.39 is 11.9 Å². The highest BCUT2D eigenvalue weighted by Crippen LogP contribution is 2.50. The molecular formula is C37H37NO6. The van der Waals surface area contributed by atoms with Crippen molar-refractivity contribution < 1.29 is 29.0 Å². The molecule has 0 fully saturated rings. The normalized spacial score (nSPS) is 17.1. The number of methoxy groups -OCH3 is 1. The van der Waals surface area contributed by atoms with Crippen LogP contribution in [0.1, 0.15) is 67.6 Å². The molecule has 0 radical (unpaired) electrons. The Morgan fingerprint density at radius 2 is 1.64 bits per heavy atom. The number of ether oxygens (including phenoxy) is 2. The minimum Gasteiger partial charge on any atom is -0.493 e. The van der Waals surface area contributed by atoms with Crippen molar-refractivity contribution in [2.24, 2.45) is 0 Å².